The minimum Gasteiger partial charge on any atom is -0.159 e. The van der Waals surface area contributed by atoms with Crippen LogP contribution in [0.3, 0.4) is 0 Å². The van der Waals surface area contributed by atoms with Gasteiger partial charge in [0.1, 0.15) is 0 Å². The third kappa shape index (κ3) is 15.9. The molecule has 27 heavy (non-hydrogen) atoms. The van der Waals surface area contributed by atoms with Crippen LogP contribution in [0.15, 0.2) is 0 Å². The van der Waals surface area contributed by atoms with Gasteiger partial charge in [-0.05, 0) is 30.9 Å². The van der Waals surface area contributed by atoms with E-state index in [1.54, 1.807) is 0 Å². The first-order chi connectivity index (χ1) is 13.4. The van der Waals surface area contributed by atoms with E-state index >= 15 is 0 Å². The molecule has 0 saturated heterocycles. The summed E-state index contributed by atoms with van der Waals surface area (Å²) in [7, 11) is 0. The molecule has 162 valence electrons. The van der Waals surface area contributed by atoms with E-state index in [2.05, 4.69) is 25.6 Å². The molecule has 2 unspecified atom stereocenters. The lowest BCUT2D eigenvalue weighted by molar-refractivity contribution is 0.357. The summed E-state index contributed by atoms with van der Waals surface area (Å²) >= 11 is 2.30. The Morgan fingerprint density at radius 2 is 1.07 bits per heavy atom. The van der Waals surface area contributed by atoms with Crippen molar-refractivity contribution >= 4 is 11.8 Å². The van der Waals surface area contributed by atoms with Crippen molar-refractivity contribution in [1.29, 1.82) is 0 Å². The average molecular weight is 397 g/mol. The van der Waals surface area contributed by atoms with E-state index in [4.69, 9.17) is 0 Å². The molecular weight excluding hydrogens is 344 g/mol. The molecule has 1 aliphatic rings. The van der Waals surface area contributed by atoms with Crippen LogP contribution < -0.4 is 0 Å². The first kappa shape index (κ1) is 25.4. The van der Waals surface area contributed by atoms with Gasteiger partial charge in [-0.15, -0.1) is 0 Å². The third-order valence-electron chi connectivity index (χ3n) is 6.66. The molecule has 0 N–H and O–H groups in total. The summed E-state index contributed by atoms with van der Waals surface area (Å²) in [6.45, 7) is 4.69. The molecule has 2 atom stereocenters. The van der Waals surface area contributed by atoms with Crippen molar-refractivity contribution in [2.24, 2.45) is 5.92 Å². The van der Waals surface area contributed by atoms with E-state index in [-0.39, 0.29) is 0 Å². The molecule has 0 aromatic rings. The minimum atomic E-state index is 1.00. The maximum absolute atomic E-state index is 2.38. The van der Waals surface area contributed by atoms with E-state index < -0.39 is 0 Å². The van der Waals surface area contributed by atoms with Crippen molar-refractivity contribution in [1.82, 2.24) is 0 Å². The number of hydrogen-bond donors (Lipinski definition) is 0. The monoisotopic (exact) mass is 396 g/mol. The second-order valence-electron chi connectivity index (χ2n) is 9.24. The zero-order chi connectivity index (χ0) is 19.4. The van der Waals surface area contributed by atoms with Crippen LogP contribution in [0.1, 0.15) is 149 Å². The Balaban J connectivity index is 1.71. The summed E-state index contributed by atoms with van der Waals surface area (Å²) in [5.74, 6) is 2.47. The predicted molar refractivity (Wildman–Crippen MR) is 128 cm³/mol. The van der Waals surface area contributed by atoms with Gasteiger partial charge >= 0.3 is 0 Å². The van der Waals surface area contributed by atoms with Crippen LogP contribution in [-0.2, 0) is 0 Å². The first-order valence-electron chi connectivity index (χ1n) is 13.0. The highest BCUT2D eigenvalue weighted by Crippen LogP contribution is 2.34. The van der Waals surface area contributed by atoms with Crippen LogP contribution in [0.2, 0.25) is 0 Å². The highest BCUT2D eigenvalue weighted by atomic mass is 32.2. The fourth-order valence-corrected chi connectivity index (χ4v) is 6.11. The van der Waals surface area contributed by atoms with E-state index in [0.29, 0.717) is 0 Å². The molecule has 0 amide bonds. The maximum atomic E-state index is 2.38. The first-order valence-corrected chi connectivity index (χ1v) is 14.0. The molecule has 0 bridgehead atoms. The maximum Gasteiger partial charge on any atom is 0.00496 e. The normalized spacial score (nSPS) is 20.2. The quantitative estimate of drug-likeness (QED) is 0.196. The SMILES string of the molecule is CCCCCCCCCCCCCCCCCCSC1CCCC(CC)C1. The molecule has 0 spiro atoms. The minimum absolute atomic E-state index is 1.00. The molecule has 0 aromatic carbocycles. The van der Waals surface area contributed by atoms with Gasteiger partial charge in [0.15, 0.2) is 0 Å². The fraction of sp³-hybridized carbons (Fsp3) is 1.00. The molecule has 1 heteroatoms. The summed E-state index contributed by atoms with van der Waals surface area (Å²) in [6, 6.07) is 0. The lowest BCUT2D eigenvalue weighted by Crippen LogP contribution is -2.17. The van der Waals surface area contributed by atoms with Crippen molar-refractivity contribution in [2.75, 3.05) is 5.75 Å². The van der Waals surface area contributed by atoms with Crippen LogP contribution in [-0.4, -0.2) is 11.0 Å². The van der Waals surface area contributed by atoms with E-state index in [0.717, 1.165) is 11.2 Å². The Morgan fingerprint density at radius 1 is 0.593 bits per heavy atom. The zero-order valence-electron chi connectivity index (χ0n) is 19.1. The molecule has 1 fully saturated rings. The van der Waals surface area contributed by atoms with Gasteiger partial charge in [-0.3, -0.25) is 0 Å². The molecule has 1 saturated carbocycles. The number of hydrogen-bond acceptors (Lipinski definition) is 1. The molecular formula is C26H52S. The van der Waals surface area contributed by atoms with Crippen LogP contribution in [0.25, 0.3) is 0 Å². The summed E-state index contributed by atoms with van der Waals surface area (Å²) in [4.78, 5) is 0. The van der Waals surface area contributed by atoms with Gasteiger partial charge in [0.25, 0.3) is 0 Å². The number of thioether (sulfide) groups is 1. The molecule has 1 rings (SSSR count). The summed E-state index contributed by atoms with van der Waals surface area (Å²) in [5.41, 5.74) is 0. The van der Waals surface area contributed by atoms with Crippen molar-refractivity contribution in [3.8, 4) is 0 Å². The van der Waals surface area contributed by atoms with Gasteiger partial charge in [-0.25, -0.2) is 0 Å². The van der Waals surface area contributed by atoms with Gasteiger partial charge in [-0.2, -0.15) is 11.8 Å². The van der Waals surface area contributed by atoms with E-state index in [1.807, 2.05) is 0 Å². The Labute approximate surface area is 177 Å². The molecule has 0 aliphatic heterocycles. The van der Waals surface area contributed by atoms with Gasteiger partial charge < -0.3 is 0 Å². The zero-order valence-corrected chi connectivity index (χ0v) is 19.9. The largest absolute Gasteiger partial charge is 0.159 e. The Kier molecular flexibility index (Phi) is 18.5. The average Bonchev–Trinajstić information content (AvgIpc) is 2.70. The smallest absolute Gasteiger partial charge is 0.00496 e. The van der Waals surface area contributed by atoms with Gasteiger partial charge in [-0.1, -0.05) is 129 Å². The van der Waals surface area contributed by atoms with Crippen LogP contribution in [0.5, 0.6) is 0 Å². The van der Waals surface area contributed by atoms with E-state index in [9.17, 15) is 0 Å². The highest BCUT2D eigenvalue weighted by Gasteiger charge is 2.20. The summed E-state index contributed by atoms with van der Waals surface area (Å²) in [5, 5.41) is 1.00. The van der Waals surface area contributed by atoms with E-state index in [1.165, 1.54) is 141 Å². The topological polar surface area (TPSA) is 0 Å². The molecule has 0 heterocycles. The molecule has 0 nitrogen and oxygen atoms in total. The van der Waals surface area contributed by atoms with Crippen molar-refractivity contribution in [3.05, 3.63) is 0 Å². The summed E-state index contributed by atoms with van der Waals surface area (Å²) < 4.78 is 0. The number of unbranched alkanes of at least 4 members (excludes halogenated alkanes) is 15. The van der Waals surface area contributed by atoms with Gasteiger partial charge in [0.2, 0.25) is 0 Å². The highest BCUT2D eigenvalue weighted by molar-refractivity contribution is 7.99. The number of rotatable bonds is 19. The molecule has 1 aliphatic carbocycles. The fourth-order valence-electron chi connectivity index (χ4n) is 4.66. The second kappa shape index (κ2) is 19.7. The Bertz CT molecular complexity index is 288. The lowest BCUT2D eigenvalue weighted by atomic mass is 9.87. The predicted octanol–water partition coefficient (Wildman–Crippen LogP) is 9.95. The van der Waals surface area contributed by atoms with Crippen molar-refractivity contribution < 1.29 is 0 Å². The van der Waals surface area contributed by atoms with Gasteiger partial charge in [0, 0.05) is 5.25 Å². The summed E-state index contributed by atoms with van der Waals surface area (Å²) in [6.07, 6.45) is 31.0. The van der Waals surface area contributed by atoms with Crippen LogP contribution >= 0.6 is 11.8 Å². The van der Waals surface area contributed by atoms with Crippen molar-refractivity contribution in [2.45, 2.75) is 154 Å². The second-order valence-corrected chi connectivity index (χ2v) is 10.6. The standard InChI is InChI=1S/C26H52S/c1-3-5-6-7-8-9-10-11-12-13-14-15-16-17-18-19-23-27-26-22-20-21-25(4-2)24-26/h25-26H,3-24H2,1-2H3. The molecule has 0 radical (unpaired) electrons. The van der Waals surface area contributed by atoms with Gasteiger partial charge in [0.05, 0.1) is 0 Å². The molecule has 0 aromatic heterocycles. The third-order valence-corrected chi connectivity index (χ3v) is 8.09. The van der Waals surface area contributed by atoms with Crippen LogP contribution in [0.4, 0.5) is 0 Å². The lowest BCUT2D eigenvalue weighted by Gasteiger charge is -2.28. The van der Waals surface area contributed by atoms with Crippen LogP contribution in [0, 0.1) is 5.92 Å². The Hall–Kier alpha value is 0.350. The Morgan fingerprint density at radius 3 is 1.56 bits per heavy atom. The van der Waals surface area contributed by atoms with Crippen molar-refractivity contribution in [3.63, 3.8) is 0 Å².